The second-order valence-electron chi connectivity index (χ2n) is 5.68. The van der Waals surface area contributed by atoms with E-state index in [-0.39, 0.29) is 5.69 Å². The van der Waals surface area contributed by atoms with E-state index in [9.17, 15) is 13.6 Å². The summed E-state index contributed by atoms with van der Waals surface area (Å²) in [4.78, 5) is 11.8. The molecule has 0 spiro atoms. The molecular formula is C16H24F2N2O. The first-order chi connectivity index (χ1) is 9.93. The largest absolute Gasteiger partial charge is 0.396 e. The Balaban J connectivity index is 2.33. The molecule has 0 unspecified atom stereocenters. The molecule has 1 aromatic carbocycles. The van der Waals surface area contributed by atoms with Gasteiger partial charge in [0, 0.05) is 6.54 Å². The van der Waals surface area contributed by atoms with Crippen LogP contribution in [0.2, 0.25) is 0 Å². The number of nitrogens with two attached hydrogens (primary N) is 1. The minimum absolute atomic E-state index is 0.227. The van der Waals surface area contributed by atoms with Crippen LogP contribution in [0.1, 0.15) is 56.3 Å². The number of amides is 1. The van der Waals surface area contributed by atoms with Gasteiger partial charge in [-0.1, -0.05) is 39.5 Å². The molecule has 0 aliphatic carbocycles. The van der Waals surface area contributed by atoms with Crippen LogP contribution >= 0.6 is 0 Å². The average molecular weight is 298 g/mol. The molecule has 3 N–H and O–H groups in total. The lowest BCUT2D eigenvalue weighted by Crippen LogP contribution is -2.26. The number of anilines is 1. The number of hydrogen-bond donors (Lipinski definition) is 2. The van der Waals surface area contributed by atoms with Gasteiger partial charge in [0.05, 0.1) is 5.69 Å². The van der Waals surface area contributed by atoms with E-state index in [1.165, 1.54) is 12.8 Å². The fraction of sp³-hybridized carbons (Fsp3) is 0.562. The normalized spacial score (nSPS) is 10.9. The van der Waals surface area contributed by atoms with Gasteiger partial charge in [0.2, 0.25) is 0 Å². The van der Waals surface area contributed by atoms with Crippen molar-refractivity contribution in [2.45, 2.75) is 46.0 Å². The maximum atomic E-state index is 13.6. The molecule has 0 fully saturated rings. The predicted molar refractivity (Wildman–Crippen MR) is 81.0 cm³/mol. The van der Waals surface area contributed by atoms with Crippen molar-refractivity contribution in [3.05, 3.63) is 29.3 Å². The lowest BCUT2D eigenvalue weighted by molar-refractivity contribution is 0.0944. The van der Waals surface area contributed by atoms with Gasteiger partial charge in [0.15, 0.2) is 5.82 Å². The number of nitrogens with one attached hydrogen (secondary N) is 1. The third kappa shape index (κ3) is 5.69. The summed E-state index contributed by atoms with van der Waals surface area (Å²) in [6.45, 7) is 4.79. The van der Waals surface area contributed by atoms with E-state index >= 15 is 0 Å². The molecule has 1 aromatic rings. The third-order valence-electron chi connectivity index (χ3n) is 3.34. The molecule has 0 aliphatic heterocycles. The van der Waals surface area contributed by atoms with Crippen molar-refractivity contribution in [2.75, 3.05) is 12.3 Å². The van der Waals surface area contributed by atoms with Crippen LogP contribution in [-0.4, -0.2) is 12.5 Å². The van der Waals surface area contributed by atoms with Crippen LogP contribution in [-0.2, 0) is 0 Å². The Hall–Kier alpha value is -1.65. The summed E-state index contributed by atoms with van der Waals surface area (Å²) in [6.07, 6.45) is 5.27. The monoisotopic (exact) mass is 298 g/mol. The van der Waals surface area contributed by atoms with Crippen LogP contribution < -0.4 is 11.1 Å². The van der Waals surface area contributed by atoms with Crippen LogP contribution in [0.5, 0.6) is 0 Å². The predicted octanol–water partition coefficient (Wildman–Crippen LogP) is 3.88. The quantitative estimate of drug-likeness (QED) is 0.565. The lowest BCUT2D eigenvalue weighted by atomic mass is 10.0. The molecule has 5 heteroatoms. The number of hydrogen-bond acceptors (Lipinski definition) is 2. The van der Waals surface area contributed by atoms with Crippen molar-refractivity contribution in [2.24, 2.45) is 5.92 Å². The van der Waals surface area contributed by atoms with Gasteiger partial charge in [-0.05, 0) is 24.5 Å². The van der Waals surface area contributed by atoms with E-state index < -0.39 is 23.1 Å². The molecule has 0 saturated carbocycles. The van der Waals surface area contributed by atoms with Crippen molar-refractivity contribution in [1.29, 1.82) is 0 Å². The second kappa shape index (κ2) is 8.60. The Morgan fingerprint density at radius 2 is 1.86 bits per heavy atom. The van der Waals surface area contributed by atoms with Gasteiger partial charge in [0.1, 0.15) is 11.4 Å². The molecule has 0 aliphatic rings. The number of halogens is 2. The highest BCUT2D eigenvalue weighted by Crippen LogP contribution is 2.18. The minimum Gasteiger partial charge on any atom is -0.396 e. The molecule has 0 radical (unpaired) electrons. The Labute approximate surface area is 124 Å². The highest BCUT2D eigenvalue weighted by molar-refractivity contribution is 5.95. The standard InChI is InChI=1S/C16H24F2N2O/c1-11(2)7-5-3-4-6-10-20-16(21)14-12(17)8-9-13(19)15(14)18/h8-9,11H,3-7,10,19H2,1-2H3,(H,20,21). The van der Waals surface area contributed by atoms with E-state index in [2.05, 4.69) is 19.2 Å². The molecule has 0 heterocycles. The zero-order chi connectivity index (χ0) is 15.8. The van der Waals surface area contributed by atoms with E-state index in [0.29, 0.717) is 12.5 Å². The van der Waals surface area contributed by atoms with Crippen LogP contribution in [0.25, 0.3) is 0 Å². The molecule has 21 heavy (non-hydrogen) atoms. The van der Waals surface area contributed by atoms with Crippen molar-refractivity contribution >= 4 is 11.6 Å². The fourth-order valence-electron chi connectivity index (χ4n) is 2.10. The molecule has 0 aromatic heterocycles. The molecule has 1 rings (SSSR count). The van der Waals surface area contributed by atoms with Crippen molar-refractivity contribution < 1.29 is 13.6 Å². The average Bonchev–Trinajstić information content (AvgIpc) is 2.42. The number of rotatable bonds is 8. The smallest absolute Gasteiger partial charge is 0.257 e. The van der Waals surface area contributed by atoms with Gasteiger partial charge >= 0.3 is 0 Å². The topological polar surface area (TPSA) is 55.1 Å². The van der Waals surface area contributed by atoms with Gasteiger partial charge in [-0.3, -0.25) is 4.79 Å². The molecule has 1 amide bonds. The summed E-state index contributed by atoms with van der Waals surface area (Å²) in [6, 6.07) is 2.11. The minimum atomic E-state index is -0.996. The lowest BCUT2D eigenvalue weighted by Gasteiger charge is -2.08. The van der Waals surface area contributed by atoms with E-state index in [1.54, 1.807) is 0 Å². The van der Waals surface area contributed by atoms with Crippen molar-refractivity contribution in [3.8, 4) is 0 Å². The summed E-state index contributed by atoms with van der Waals surface area (Å²) >= 11 is 0. The number of carbonyl (C=O) groups is 1. The summed E-state index contributed by atoms with van der Waals surface area (Å²) in [5, 5.41) is 2.53. The van der Waals surface area contributed by atoms with Crippen molar-refractivity contribution in [1.82, 2.24) is 5.32 Å². The number of benzene rings is 1. The van der Waals surface area contributed by atoms with E-state index in [4.69, 9.17) is 5.73 Å². The van der Waals surface area contributed by atoms with Crippen molar-refractivity contribution in [3.63, 3.8) is 0 Å². The van der Waals surface area contributed by atoms with Gasteiger partial charge < -0.3 is 11.1 Å². The fourth-order valence-corrected chi connectivity index (χ4v) is 2.10. The molecule has 3 nitrogen and oxygen atoms in total. The molecular weight excluding hydrogens is 274 g/mol. The van der Waals surface area contributed by atoms with Crippen LogP contribution in [0.3, 0.4) is 0 Å². The maximum Gasteiger partial charge on any atom is 0.257 e. The second-order valence-corrected chi connectivity index (χ2v) is 5.68. The van der Waals surface area contributed by atoms with Gasteiger partial charge in [0.25, 0.3) is 5.91 Å². The van der Waals surface area contributed by atoms with E-state index in [0.717, 1.165) is 31.4 Å². The first kappa shape index (κ1) is 17.4. The highest BCUT2D eigenvalue weighted by Gasteiger charge is 2.18. The Morgan fingerprint density at radius 1 is 1.19 bits per heavy atom. The Kier molecular flexibility index (Phi) is 7.12. The summed E-state index contributed by atoms with van der Waals surface area (Å²) < 4.78 is 27.1. The summed E-state index contributed by atoms with van der Waals surface area (Å²) in [5.74, 6) is -1.93. The van der Waals surface area contributed by atoms with Crippen LogP contribution in [0.15, 0.2) is 12.1 Å². The third-order valence-corrected chi connectivity index (χ3v) is 3.34. The Morgan fingerprint density at radius 3 is 2.52 bits per heavy atom. The first-order valence-electron chi connectivity index (χ1n) is 7.45. The summed E-state index contributed by atoms with van der Waals surface area (Å²) in [5.41, 5.74) is 4.51. The maximum absolute atomic E-state index is 13.6. The number of carbonyl (C=O) groups excluding carboxylic acids is 1. The molecule has 0 atom stereocenters. The zero-order valence-corrected chi connectivity index (χ0v) is 12.7. The molecule has 0 saturated heterocycles. The van der Waals surface area contributed by atoms with Crippen LogP contribution in [0.4, 0.5) is 14.5 Å². The Bertz CT molecular complexity index is 476. The SMILES string of the molecule is CC(C)CCCCCCNC(=O)c1c(F)ccc(N)c1F. The first-order valence-corrected chi connectivity index (χ1v) is 7.45. The number of nitrogen functional groups attached to an aromatic ring is 1. The summed E-state index contributed by atoms with van der Waals surface area (Å²) in [7, 11) is 0. The van der Waals surface area contributed by atoms with Gasteiger partial charge in [-0.25, -0.2) is 8.78 Å². The molecule has 118 valence electrons. The van der Waals surface area contributed by atoms with E-state index in [1.807, 2.05) is 0 Å². The van der Waals surface area contributed by atoms with Gasteiger partial charge in [-0.2, -0.15) is 0 Å². The zero-order valence-electron chi connectivity index (χ0n) is 12.7. The highest BCUT2D eigenvalue weighted by atomic mass is 19.1. The molecule has 0 bridgehead atoms. The van der Waals surface area contributed by atoms with Crippen LogP contribution in [0, 0.1) is 17.6 Å². The number of unbranched alkanes of at least 4 members (excludes halogenated alkanes) is 3. The van der Waals surface area contributed by atoms with Gasteiger partial charge in [-0.15, -0.1) is 0 Å².